The summed E-state index contributed by atoms with van der Waals surface area (Å²) in [6, 6.07) is 2.65. The van der Waals surface area contributed by atoms with E-state index in [1.807, 2.05) is 0 Å². The fraction of sp³-hybridized carbons (Fsp3) is 0.615. The minimum absolute atomic E-state index is 0.510. The maximum Gasteiger partial charge on any atom is 0.433 e. The van der Waals surface area contributed by atoms with Gasteiger partial charge < -0.3 is 0 Å². The van der Waals surface area contributed by atoms with Crippen LogP contribution in [0.1, 0.15) is 42.6 Å². The van der Waals surface area contributed by atoms with Crippen molar-refractivity contribution in [1.29, 1.82) is 0 Å². The van der Waals surface area contributed by atoms with Crippen LogP contribution in [0.2, 0.25) is 0 Å². The fourth-order valence-electron chi connectivity index (χ4n) is 2.00. The second-order valence-corrected chi connectivity index (χ2v) is 4.77. The number of hydrogen-bond acceptors (Lipinski definition) is 1. The SMILES string of the molecule is Cc1nc(C(F)(F)F)ccc1CCCC1CC1. The van der Waals surface area contributed by atoms with E-state index in [0.717, 1.165) is 30.4 Å². The summed E-state index contributed by atoms with van der Waals surface area (Å²) in [6.45, 7) is 1.65. The number of nitrogens with zero attached hydrogens (tertiary/aromatic N) is 1. The van der Waals surface area contributed by atoms with Crippen molar-refractivity contribution in [3.8, 4) is 0 Å². The van der Waals surface area contributed by atoms with Gasteiger partial charge in [-0.15, -0.1) is 0 Å². The Balaban J connectivity index is 1.97. The molecule has 0 radical (unpaired) electrons. The van der Waals surface area contributed by atoms with E-state index in [-0.39, 0.29) is 0 Å². The third-order valence-corrected chi connectivity index (χ3v) is 3.24. The standard InChI is InChI=1S/C13H16F3N/c1-9-11(4-2-3-10-5-6-10)7-8-12(17-9)13(14,15)16/h7-8,10H,2-6H2,1H3. The molecule has 0 atom stereocenters. The molecule has 0 unspecified atom stereocenters. The molecular formula is C13H16F3N. The Hall–Kier alpha value is -1.06. The van der Waals surface area contributed by atoms with Gasteiger partial charge in [-0.25, -0.2) is 4.98 Å². The quantitative estimate of drug-likeness (QED) is 0.774. The highest BCUT2D eigenvalue weighted by Gasteiger charge is 2.32. The summed E-state index contributed by atoms with van der Waals surface area (Å²) in [7, 11) is 0. The van der Waals surface area contributed by atoms with Crippen LogP contribution in [-0.2, 0) is 12.6 Å². The first-order valence-corrected chi connectivity index (χ1v) is 6.00. The van der Waals surface area contributed by atoms with Crippen LogP contribution >= 0.6 is 0 Å². The minimum atomic E-state index is -4.34. The molecule has 0 saturated heterocycles. The molecule has 1 aromatic heterocycles. The van der Waals surface area contributed by atoms with Gasteiger partial charge in [-0.3, -0.25) is 0 Å². The summed E-state index contributed by atoms with van der Waals surface area (Å²) in [6.07, 6.45) is 1.40. The maximum atomic E-state index is 12.4. The fourth-order valence-corrected chi connectivity index (χ4v) is 2.00. The lowest BCUT2D eigenvalue weighted by molar-refractivity contribution is -0.141. The average Bonchev–Trinajstić information content (AvgIpc) is 3.02. The summed E-state index contributed by atoms with van der Waals surface area (Å²) in [5, 5.41) is 0. The van der Waals surface area contributed by atoms with Crippen molar-refractivity contribution < 1.29 is 13.2 Å². The van der Waals surface area contributed by atoms with E-state index >= 15 is 0 Å². The predicted octanol–water partition coefficient (Wildman–Crippen LogP) is 4.14. The third-order valence-electron chi connectivity index (χ3n) is 3.24. The Morgan fingerprint density at radius 2 is 2.00 bits per heavy atom. The van der Waals surface area contributed by atoms with Crippen molar-refractivity contribution in [3.63, 3.8) is 0 Å². The summed E-state index contributed by atoms with van der Waals surface area (Å²) in [5.74, 6) is 0.873. The molecule has 1 nitrogen and oxygen atoms in total. The molecule has 94 valence electrons. The van der Waals surface area contributed by atoms with E-state index in [1.165, 1.54) is 19.3 Å². The van der Waals surface area contributed by atoms with Gasteiger partial charge in [0.05, 0.1) is 0 Å². The van der Waals surface area contributed by atoms with E-state index in [9.17, 15) is 13.2 Å². The molecule has 0 N–H and O–H groups in total. The molecule has 0 aliphatic heterocycles. The maximum absolute atomic E-state index is 12.4. The van der Waals surface area contributed by atoms with Gasteiger partial charge in [0.1, 0.15) is 5.69 Å². The normalized spacial score (nSPS) is 16.2. The van der Waals surface area contributed by atoms with Crippen LogP contribution in [0.5, 0.6) is 0 Å². The first-order valence-electron chi connectivity index (χ1n) is 6.00. The summed E-state index contributed by atoms with van der Waals surface area (Å²) in [5.41, 5.74) is 0.662. The largest absolute Gasteiger partial charge is 0.433 e. The first-order chi connectivity index (χ1) is 7.97. The zero-order valence-corrected chi connectivity index (χ0v) is 9.85. The molecule has 4 heteroatoms. The second kappa shape index (κ2) is 4.67. The number of rotatable bonds is 4. The number of halogens is 3. The Morgan fingerprint density at radius 1 is 1.29 bits per heavy atom. The van der Waals surface area contributed by atoms with Crippen molar-refractivity contribution in [2.75, 3.05) is 0 Å². The highest BCUT2D eigenvalue weighted by Crippen LogP contribution is 2.34. The van der Waals surface area contributed by atoms with Gasteiger partial charge >= 0.3 is 6.18 Å². The van der Waals surface area contributed by atoms with Crippen molar-refractivity contribution in [2.45, 2.75) is 45.2 Å². The molecule has 0 bridgehead atoms. The Kier molecular flexibility index (Phi) is 3.40. The third kappa shape index (κ3) is 3.45. The molecule has 0 spiro atoms. The zero-order chi connectivity index (χ0) is 12.5. The van der Waals surface area contributed by atoms with Crippen LogP contribution in [0, 0.1) is 12.8 Å². The molecule has 1 aliphatic rings. The van der Waals surface area contributed by atoms with E-state index in [4.69, 9.17) is 0 Å². The van der Waals surface area contributed by atoms with Gasteiger partial charge in [-0.2, -0.15) is 13.2 Å². The monoisotopic (exact) mass is 243 g/mol. The molecule has 1 saturated carbocycles. The highest BCUT2D eigenvalue weighted by atomic mass is 19.4. The number of aryl methyl sites for hydroxylation is 2. The number of pyridine rings is 1. The molecule has 17 heavy (non-hydrogen) atoms. The van der Waals surface area contributed by atoms with Gasteiger partial charge in [0.25, 0.3) is 0 Å². The van der Waals surface area contributed by atoms with Crippen LogP contribution in [0.3, 0.4) is 0 Å². The van der Waals surface area contributed by atoms with Crippen molar-refractivity contribution in [1.82, 2.24) is 4.98 Å². The molecule has 0 amide bonds. The van der Waals surface area contributed by atoms with Gasteiger partial charge in [-0.05, 0) is 37.3 Å². The number of aromatic nitrogens is 1. The van der Waals surface area contributed by atoms with E-state index in [2.05, 4.69) is 4.98 Å². The second-order valence-electron chi connectivity index (χ2n) is 4.77. The summed E-state index contributed by atoms with van der Waals surface area (Å²) < 4.78 is 37.2. The van der Waals surface area contributed by atoms with Gasteiger partial charge in [0.2, 0.25) is 0 Å². The van der Waals surface area contributed by atoms with Crippen LogP contribution in [0.4, 0.5) is 13.2 Å². The first kappa shape index (κ1) is 12.4. The topological polar surface area (TPSA) is 12.9 Å². The molecule has 1 aromatic rings. The lowest BCUT2D eigenvalue weighted by Crippen LogP contribution is -2.09. The lowest BCUT2D eigenvalue weighted by Gasteiger charge is -2.09. The molecule has 0 aromatic carbocycles. The Bertz CT molecular complexity index is 394. The van der Waals surface area contributed by atoms with Gasteiger partial charge in [-0.1, -0.05) is 25.3 Å². The van der Waals surface area contributed by atoms with Crippen LogP contribution in [0.15, 0.2) is 12.1 Å². The van der Waals surface area contributed by atoms with Crippen molar-refractivity contribution in [3.05, 3.63) is 29.1 Å². The molecule has 2 rings (SSSR count). The molecule has 1 aliphatic carbocycles. The molecule has 1 fully saturated rings. The molecular weight excluding hydrogens is 227 g/mol. The van der Waals surface area contributed by atoms with Crippen LogP contribution in [0.25, 0.3) is 0 Å². The van der Waals surface area contributed by atoms with E-state index in [1.54, 1.807) is 13.0 Å². The van der Waals surface area contributed by atoms with Gasteiger partial charge in [0.15, 0.2) is 0 Å². The molecule has 1 heterocycles. The Morgan fingerprint density at radius 3 is 2.53 bits per heavy atom. The number of hydrogen-bond donors (Lipinski definition) is 0. The lowest BCUT2D eigenvalue weighted by atomic mass is 10.0. The van der Waals surface area contributed by atoms with Gasteiger partial charge in [0, 0.05) is 5.69 Å². The minimum Gasteiger partial charge on any atom is -0.248 e. The Labute approximate surface area is 99.1 Å². The van der Waals surface area contributed by atoms with Crippen LogP contribution < -0.4 is 0 Å². The zero-order valence-electron chi connectivity index (χ0n) is 9.85. The van der Waals surface area contributed by atoms with Crippen LogP contribution in [-0.4, -0.2) is 4.98 Å². The van der Waals surface area contributed by atoms with Crippen molar-refractivity contribution in [2.24, 2.45) is 5.92 Å². The van der Waals surface area contributed by atoms with Crippen molar-refractivity contribution >= 4 is 0 Å². The number of alkyl halides is 3. The summed E-state index contributed by atoms with van der Waals surface area (Å²) >= 11 is 0. The van der Waals surface area contributed by atoms with E-state index < -0.39 is 11.9 Å². The smallest absolute Gasteiger partial charge is 0.248 e. The summed E-state index contributed by atoms with van der Waals surface area (Å²) in [4.78, 5) is 3.63. The predicted molar refractivity (Wildman–Crippen MR) is 59.6 cm³/mol. The average molecular weight is 243 g/mol. The highest BCUT2D eigenvalue weighted by molar-refractivity contribution is 5.23. The van der Waals surface area contributed by atoms with E-state index in [0.29, 0.717) is 5.69 Å².